The zero-order valence-electron chi connectivity index (χ0n) is 18.2. The maximum absolute atomic E-state index is 12.4. The van der Waals surface area contributed by atoms with Gasteiger partial charge in [0.1, 0.15) is 18.1 Å². The van der Waals surface area contributed by atoms with Crippen molar-refractivity contribution in [2.45, 2.75) is 26.5 Å². The van der Waals surface area contributed by atoms with Crippen molar-refractivity contribution in [3.8, 4) is 23.0 Å². The van der Waals surface area contributed by atoms with Gasteiger partial charge < -0.3 is 19.5 Å². The van der Waals surface area contributed by atoms with Crippen molar-refractivity contribution in [3.63, 3.8) is 0 Å². The van der Waals surface area contributed by atoms with Crippen LogP contribution in [0.2, 0.25) is 5.02 Å². The standard InChI is InChI=1S/C23H20ClN2O7P/c1-14-22(28)19(12-27)16(11-25-14)13-31-20-5-3-4-6-21(20)33-34(30)26-15(2)23(29)32-18-9-7-17(24)8-10-18/h3-12,15,28H,13H2,1-2H3. The number of carbonyl (C=O) groups is 2. The second-order valence-corrected chi connectivity index (χ2v) is 8.31. The number of aromatic hydroxyl groups is 1. The van der Waals surface area contributed by atoms with Crippen LogP contribution in [0.5, 0.6) is 23.0 Å². The van der Waals surface area contributed by atoms with E-state index in [0.29, 0.717) is 22.6 Å². The fraction of sp³-hybridized carbons (Fsp3) is 0.174. The summed E-state index contributed by atoms with van der Waals surface area (Å²) >= 11 is 5.80. The van der Waals surface area contributed by atoms with Crippen molar-refractivity contribution in [3.05, 3.63) is 76.6 Å². The molecule has 0 aliphatic heterocycles. The molecule has 2 atom stereocenters. The molecule has 1 aromatic heterocycles. The average Bonchev–Trinajstić information content (AvgIpc) is 2.82. The van der Waals surface area contributed by atoms with Crippen molar-refractivity contribution in [1.29, 1.82) is 0 Å². The normalized spacial score (nSPS) is 12.1. The van der Waals surface area contributed by atoms with E-state index in [1.54, 1.807) is 37.3 Å². The Morgan fingerprint density at radius 3 is 2.59 bits per heavy atom. The molecular weight excluding hydrogens is 483 g/mol. The first-order valence-electron chi connectivity index (χ1n) is 9.96. The van der Waals surface area contributed by atoms with Gasteiger partial charge in [-0.25, -0.2) is 4.79 Å². The molecule has 1 heterocycles. The van der Waals surface area contributed by atoms with Crippen LogP contribution in [0.4, 0.5) is 0 Å². The minimum Gasteiger partial charge on any atom is -0.575 e. The molecule has 1 N–H and O–H groups in total. The Morgan fingerprint density at radius 2 is 1.91 bits per heavy atom. The summed E-state index contributed by atoms with van der Waals surface area (Å²) in [5.41, 5.74) is 0.748. The van der Waals surface area contributed by atoms with Gasteiger partial charge in [-0.3, -0.25) is 14.3 Å². The summed E-state index contributed by atoms with van der Waals surface area (Å²) in [6.07, 6.45) is 1.94. The predicted octanol–water partition coefficient (Wildman–Crippen LogP) is 4.37. The van der Waals surface area contributed by atoms with Gasteiger partial charge in [0.05, 0.1) is 11.3 Å². The number of hydrogen-bond acceptors (Lipinski definition) is 9. The average molecular weight is 503 g/mol. The van der Waals surface area contributed by atoms with Crippen molar-refractivity contribution in [2.75, 3.05) is 0 Å². The summed E-state index contributed by atoms with van der Waals surface area (Å²) in [7, 11) is -2.64. The summed E-state index contributed by atoms with van der Waals surface area (Å²) in [5, 5.41) is 10.5. The monoisotopic (exact) mass is 502 g/mol. The van der Waals surface area contributed by atoms with E-state index in [0.717, 1.165) is 0 Å². The molecule has 3 aromatic rings. The van der Waals surface area contributed by atoms with Gasteiger partial charge in [0, 0.05) is 16.8 Å². The molecule has 11 heteroatoms. The summed E-state index contributed by atoms with van der Waals surface area (Å²) in [4.78, 5) is 40.0. The molecule has 34 heavy (non-hydrogen) atoms. The third-order valence-corrected chi connectivity index (χ3v) is 5.66. The van der Waals surface area contributed by atoms with Gasteiger partial charge >= 0.3 is 14.1 Å². The Bertz CT molecular complexity index is 1220. The van der Waals surface area contributed by atoms with Crippen LogP contribution in [-0.4, -0.2) is 28.4 Å². The molecule has 0 radical (unpaired) electrons. The van der Waals surface area contributed by atoms with E-state index in [1.165, 1.54) is 31.3 Å². The van der Waals surface area contributed by atoms with Crippen molar-refractivity contribution >= 4 is 32.0 Å². The number of aldehydes is 1. The Labute approximate surface area is 201 Å². The van der Waals surface area contributed by atoms with Gasteiger partial charge in [0.25, 0.3) is 0 Å². The molecule has 0 spiro atoms. The maximum atomic E-state index is 12.4. The Hall–Kier alpha value is -3.52. The molecule has 0 amide bonds. The number of pyridine rings is 1. The Morgan fingerprint density at radius 1 is 1.24 bits per heavy atom. The van der Waals surface area contributed by atoms with Gasteiger partial charge in [0.15, 0.2) is 18.1 Å². The van der Waals surface area contributed by atoms with E-state index >= 15 is 0 Å². The molecule has 3 rings (SSSR count). The third kappa shape index (κ3) is 6.51. The molecule has 0 bridgehead atoms. The van der Waals surface area contributed by atoms with Crippen LogP contribution in [0.15, 0.2) is 59.5 Å². The van der Waals surface area contributed by atoms with E-state index in [2.05, 4.69) is 9.73 Å². The van der Waals surface area contributed by atoms with Crippen LogP contribution in [0.25, 0.3) is 0 Å². The molecule has 0 saturated carbocycles. The topological polar surface area (TPSA) is 130 Å². The number of aryl methyl sites for hydroxylation is 1. The SMILES string of the molecule is Cc1ncc(COc2ccccc2O[P+]([O-])=NC(C)C(=O)Oc2ccc(Cl)cc2)c(C=O)c1O. The van der Waals surface area contributed by atoms with E-state index < -0.39 is 20.2 Å². The Balaban J connectivity index is 1.67. The number of hydrogen-bond donors (Lipinski definition) is 1. The number of esters is 1. The lowest BCUT2D eigenvalue weighted by Crippen LogP contribution is -2.21. The molecule has 0 aliphatic rings. The summed E-state index contributed by atoms with van der Waals surface area (Å²) in [5.74, 6) is -0.330. The third-order valence-electron chi connectivity index (χ3n) is 4.53. The fourth-order valence-electron chi connectivity index (χ4n) is 2.70. The fourth-order valence-corrected chi connectivity index (χ4v) is 3.57. The minimum absolute atomic E-state index is 0.0694. The largest absolute Gasteiger partial charge is 0.575 e. The number of halogens is 1. The summed E-state index contributed by atoms with van der Waals surface area (Å²) < 4.78 is 20.1. The second-order valence-electron chi connectivity index (χ2n) is 6.98. The zero-order chi connectivity index (χ0) is 24.7. The smallest absolute Gasteiger partial charge is 0.395 e. The van der Waals surface area contributed by atoms with Gasteiger partial charge in [-0.15, -0.1) is 0 Å². The quantitative estimate of drug-likeness (QED) is 0.197. The summed E-state index contributed by atoms with van der Waals surface area (Å²) in [6.45, 7) is 2.89. The number of rotatable bonds is 9. The number of carbonyl (C=O) groups excluding carboxylic acids is 2. The highest BCUT2D eigenvalue weighted by Gasteiger charge is 2.21. The molecule has 9 nitrogen and oxygen atoms in total. The number of para-hydroxylation sites is 2. The highest BCUT2D eigenvalue weighted by molar-refractivity contribution is 7.34. The second kappa shape index (κ2) is 11.6. The lowest BCUT2D eigenvalue weighted by molar-refractivity contribution is -0.169. The van der Waals surface area contributed by atoms with Crippen LogP contribution < -0.4 is 18.9 Å². The first kappa shape index (κ1) is 25.1. The molecule has 2 aromatic carbocycles. The van der Waals surface area contributed by atoms with Crippen molar-refractivity contribution < 1.29 is 33.6 Å². The first-order chi connectivity index (χ1) is 16.3. The first-order valence-corrected chi connectivity index (χ1v) is 11.5. The molecular formula is C23H20ClN2O7P. The lowest BCUT2D eigenvalue weighted by Gasteiger charge is -2.12. The highest BCUT2D eigenvalue weighted by Crippen LogP contribution is 2.34. The predicted molar refractivity (Wildman–Crippen MR) is 123 cm³/mol. The van der Waals surface area contributed by atoms with E-state index in [9.17, 15) is 19.6 Å². The van der Waals surface area contributed by atoms with Crippen LogP contribution >= 0.6 is 19.8 Å². The molecule has 176 valence electrons. The van der Waals surface area contributed by atoms with E-state index in [-0.39, 0.29) is 35.2 Å². The maximum Gasteiger partial charge on any atom is 0.395 e. The van der Waals surface area contributed by atoms with Gasteiger partial charge in [0.2, 0.25) is 5.75 Å². The van der Waals surface area contributed by atoms with Gasteiger partial charge in [-0.1, -0.05) is 28.5 Å². The minimum atomic E-state index is -2.64. The van der Waals surface area contributed by atoms with Gasteiger partial charge in [-0.05, 0) is 50.2 Å². The molecule has 0 aliphatic carbocycles. The van der Waals surface area contributed by atoms with E-state index in [4.69, 9.17) is 25.6 Å². The molecule has 0 saturated heterocycles. The van der Waals surface area contributed by atoms with E-state index in [1.807, 2.05) is 0 Å². The number of aromatic nitrogens is 1. The number of nitrogens with zero attached hydrogens (tertiary/aromatic N) is 2. The van der Waals surface area contributed by atoms with Crippen LogP contribution in [-0.2, 0) is 11.4 Å². The van der Waals surface area contributed by atoms with Crippen molar-refractivity contribution in [1.82, 2.24) is 4.98 Å². The van der Waals surface area contributed by atoms with Crippen molar-refractivity contribution in [2.24, 2.45) is 4.74 Å². The van der Waals surface area contributed by atoms with Crippen LogP contribution in [0.3, 0.4) is 0 Å². The lowest BCUT2D eigenvalue weighted by atomic mass is 10.1. The number of ether oxygens (including phenoxy) is 2. The number of benzene rings is 2. The molecule has 0 fully saturated rings. The Kier molecular flexibility index (Phi) is 8.54. The van der Waals surface area contributed by atoms with Crippen LogP contribution in [0.1, 0.15) is 28.5 Å². The van der Waals surface area contributed by atoms with Gasteiger partial charge in [-0.2, -0.15) is 0 Å². The summed E-state index contributed by atoms with van der Waals surface area (Å²) in [6, 6.07) is 11.5. The van der Waals surface area contributed by atoms with Crippen LogP contribution in [0, 0.1) is 6.92 Å². The molecule has 2 unspecified atom stereocenters. The highest BCUT2D eigenvalue weighted by atomic mass is 35.5. The zero-order valence-corrected chi connectivity index (χ0v) is 19.8.